The summed E-state index contributed by atoms with van der Waals surface area (Å²) in [6.07, 6.45) is 1.25. The second-order valence-corrected chi connectivity index (χ2v) is 6.04. The van der Waals surface area contributed by atoms with E-state index in [-0.39, 0.29) is 38.2 Å². The zero-order chi connectivity index (χ0) is 20.4. The van der Waals surface area contributed by atoms with Gasteiger partial charge in [0, 0.05) is 32.7 Å². The maximum absolute atomic E-state index is 11.4. The fraction of sp³-hybridized carbons (Fsp3) is 0. The molecule has 0 saturated carbocycles. The molecule has 1 aromatic carbocycles. The van der Waals surface area contributed by atoms with Crippen molar-refractivity contribution in [3.05, 3.63) is 45.3 Å². The Kier molecular flexibility index (Phi) is 3.59. The number of aromatic nitrogens is 2. The van der Waals surface area contributed by atoms with Crippen LogP contribution in [0.25, 0.3) is 53.4 Å². The SMILES string of the molecule is C=CC(=C(N)C(=O)O)c1c(N)c2c(=C)n(O)c(=C)c2c2c(=C)n(O)c(=C)c12. The molecule has 3 aromatic rings. The van der Waals surface area contributed by atoms with Crippen molar-refractivity contribution in [1.29, 1.82) is 0 Å². The lowest BCUT2D eigenvalue weighted by Crippen LogP contribution is -2.23. The van der Waals surface area contributed by atoms with Crippen LogP contribution in [0.4, 0.5) is 5.69 Å². The monoisotopic (exact) mass is 366 g/mol. The first-order valence-electron chi connectivity index (χ1n) is 7.66. The van der Waals surface area contributed by atoms with Gasteiger partial charge in [-0.2, -0.15) is 9.46 Å². The van der Waals surface area contributed by atoms with Crippen molar-refractivity contribution in [2.24, 2.45) is 5.73 Å². The summed E-state index contributed by atoms with van der Waals surface area (Å²) < 4.78 is 1.51. The van der Waals surface area contributed by atoms with Gasteiger partial charge in [-0.1, -0.05) is 39.0 Å². The van der Waals surface area contributed by atoms with E-state index in [0.717, 1.165) is 9.46 Å². The lowest BCUT2D eigenvalue weighted by Gasteiger charge is -2.12. The van der Waals surface area contributed by atoms with Crippen LogP contribution in [0.5, 0.6) is 0 Å². The molecule has 0 amide bonds. The Morgan fingerprint density at radius 1 is 0.889 bits per heavy atom. The quantitative estimate of drug-likeness (QED) is 0.179. The minimum absolute atomic E-state index is 0.0399. The van der Waals surface area contributed by atoms with Gasteiger partial charge in [0.2, 0.25) is 0 Å². The average Bonchev–Trinajstić information content (AvgIpc) is 2.98. The van der Waals surface area contributed by atoms with Gasteiger partial charge < -0.3 is 27.0 Å². The molecule has 0 aliphatic rings. The number of nitrogens with two attached hydrogens (primary N) is 2. The first-order valence-corrected chi connectivity index (χ1v) is 7.66. The predicted octanol–water partition coefficient (Wildman–Crippen LogP) is -0.766. The summed E-state index contributed by atoms with van der Waals surface area (Å²) in [5, 5.41) is 32.0. The Morgan fingerprint density at radius 3 is 1.74 bits per heavy atom. The number of aliphatic carboxylic acids is 1. The third-order valence-electron chi connectivity index (χ3n) is 4.71. The second-order valence-electron chi connectivity index (χ2n) is 6.04. The molecule has 2 heterocycles. The van der Waals surface area contributed by atoms with Gasteiger partial charge in [-0.3, -0.25) is 0 Å². The van der Waals surface area contributed by atoms with Crippen LogP contribution in [0.3, 0.4) is 0 Å². The van der Waals surface area contributed by atoms with Crippen LogP contribution >= 0.6 is 0 Å². The number of carboxylic acid groups (broad SMARTS) is 1. The number of anilines is 1. The van der Waals surface area contributed by atoms with Gasteiger partial charge in [0.15, 0.2) is 0 Å². The minimum atomic E-state index is -1.37. The number of nitrogens with zero attached hydrogens (tertiary/aromatic N) is 2. The van der Waals surface area contributed by atoms with Crippen molar-refractivity contribution in [3.8, 4) is 0 Å². The fourth-order valence-electron chi connectivity index (χ4n) is 3.43. The molecule has 138 valence electrons. The molecular weight excluding hydrogens is 348 g/mol. The zero-order valence-corrected chi connectivity index (χ0v) is 14.4. The Morgan fingerprint density at radius 2 is 1.30 bits per heavy atom. The number of rotatable bonds is 3. The van der Waals surface area contributed by atoms with Gasteiger partial charge in [-0.15, -0.1) is 0 Å². The van der Waals surface area contributed by atoms with E-state index in [1.165, 1.54) is 6.08 Å². The number of carbonyl (C=O) groups is 1. The fourth-order valence-corrected chi connectivity index (χ4v) is 3.43. The molecule has 0 aliphatic carbocycles. The van der Waals surface area contributed by atoms with Crippen molar-refractivity contribution in [1.82, 2.24) is 9.46 Å². The first kappa shape index (κ1) is 17.7. The number of nitrogen functional groups attached to an aromatic ring is 1. The molecule has 8 nitrogen and oxygen atoms in total. The predicted molar refractivity (Wildman–Crippen MR) is 106 cm³/mol. The summed E-state index contributed by atoms with van der Waals surface area (Å²) in [5.74, 6) is -1.37. The van der Waals surface area contributed by atoms with E-state index in [2.05, 4.69) is 32.9 Å². The number of benzene rings is 1. The van der Waals surface area contributed by atoms with Gasteiger partial charge in [-0.25, -0.2) is 4.79 Å². The molecule has 3 rings (SSSR count). The van der Waals surface area contributed by atoms with E-state index in [0.29, 0.717) is 21.5 Å². The number of carboxylic acids is 1. The summed E-state index contributed by atoms with van der Waals surface area (Å²) in [4.78, 5) is 11.4. The van der Waals surface area contributed by atoms with Gasteiger partial charge in [-0.05, 0) is 0 Å². The molecule has 27 heavy (non-hydrogen) atoms. The van der Waals surface area contributed by atoms with Crippen molar-refractivity contribution in [3.63, 3.8) is 0 Å². The number of hydrogen-bond acceptors (Lipinski definition) is 5. The Bertz CT molecular complexity index is 1420. The summed E-state index contributed by atoms with van der Waals surface area (Å²) in [6.45, 7) is 18.9. The molecule has 7 N–H and O–H groups in total. The summed E-state index contributed by atoms with van der Waals surface area (Å²) in [6, 6.07) is 0. The molecule has 0 spiro atoms. The first-order chi connectivity index (χ1) is 12.6. The van der Waals surface area contributed by atoms with Gasteiger partial charge in [0.05, 0.1) is 27.1 Å². The second kappa shape index (κ2) is 5.46. The summed E-state index contributed by atoms with van der Waals surface area (Å²) >= 11 is 0. The molecule has 0 bridgehead atoms. The van der Waals surface area contributed by atoms with Crippen LogP contribution in [0.1, 0.15) is 5.56 Å². The molecule has 0 fully saturated rings. The standard InChI is InChI=1S/C19H18N4O4/c1-6-11(17(20)19(24)25)16-14-9(4)22(26)7(2)12(14)13-8(3)23(27)10(5)15(13)18(16)21/h6,26-27H,1-5,20-21H2,(H,24,25). The highest BCUT2D eigenvalue weighted by Crippen LogP contribution is 2.34. The largest absolute Gasteiger partial charge is 0.477 e. The minimum Gasteiger partial charge on any atom is -0.477 e. The smallest absolute Gasteiger partial charge is 0.352 e. The topological polar surface area (TPSA) is 140 Å². The third-order valence-corrected chi connectivity index (χ3v) is 4.71. The molecule has 0 aliphatic heterocycles. The van der Waals surface area contributed by atoms with Crippen molar-refractivity contribution < 1.29 is 20.3 Å². The lowest BCUT2D eigenvalue weighted by atomic mass is 9.92. The van der Waals surface area contributed by atoms with Crippen molar-refractivity contribution in [2.75, 3.05) is 5.73 Å². The Hall–Kier alpha value is -4.07. The lowest BCUT2D eigenvalue weighted by molar-refractivity contribution is -0.132. The number of hydrogen-bond donors (Lipinski definition) is 5. The normalized spacial score (nSPS) is 12.4. The summed E-state index contributed by atoms with van der Waals surface area (Å²) in [5.41, 5.74) is 11.9. The van der Waals surface area contributed by atoms with E-state index >= 15 is 0 Å². The van der Waals surface area contributed by atoms with Gasteiger partial charge in [0.1, 0.15) is 5.70 Å². The maximum atomic E-state index is 11.4. The molecule has 0 unspecified atom stereocenters. The molecule has 0 radical (unpaired) electrons. The Labute approximate surface area is 152 Å². The number of fused-ring (bicyclic) bond motifs is 3. The summed E-state index contributed by atoms with van der Waals surface area (Å²) in [7, 11) is 0. The van der Waals surface area contributed by atoms with Crippen LogP contribution in [0, 0.1) is 0 Å². The highest BCUT2D eigenvalue weighted by molar-refractivity contribution is 6.20. The van der Waals surface area contributed by atoms with E-state index in [1.54, 1.807) is 0 Å². The Balaban J connectivity index is 2.89. The van der Waals surface area contributed by atoms with Crippen molar-refractivity contribution >= 4 is 65.1 Å². The molecule has 8 heteroatoms. The molecule has 0 saturated heterocycles. The van der Waals surface area contributed by atoms with Crippen LogP contribution in [-0.4, -0.2) is 31.0 Å². The average molecular weight is 366 g/mol. The van der Waals surface area contributed by atoms with E-state index < -0.39 is 11.7 Å². The van der Waals surface area contributed by atoms with Crippen LogP contribution in [-0.2, 0) is 4.79 Å². The van der Waals surface area contributed by atoms with E-state index in [4.69, 9.17) is 11.5 Å². The van der Waals surface area contributed by atoms with Crippen LogP contribution in [0.2, 0.25) is 0 Å². The highest BCUT2D eigenvalue weighted by atomic mass is 16.5. The molecule has 2 aromatic heterocycles. The van der Waals surface area contributed by atoms with Crippen molar-refractivity contribution in [2.45, 2.75) is 0 Å². The van der Waals surface area contributed by atoms with Crippen LogP contribution in [0.15, 0.2) is 18.4 Å². The molecule has 0 atom stereocenters. The van der Waals surface area contributed by atoms with Gasteiger partial charge >= 0.3 is 5.97 Å². The molecular formula is C19H18N4O4. The highest BCUT2D eigenvalue weighted by Gasteiger charge is 2.24. The number of allylic oxidation sites excluding steroid dienone is 2. The van der Waals surface area contributed by atoms with E-state index in [9.17, 15) is 20.3 Å². The third kappa shape index (κ3) is 2.00. The van der Waals surface area contributed by atoms with E-state index in [1.807, 2.05) is 0 Å². The maximum Gasteiger partial charge on any atom is 0.352 e. The zero-order valence-electron chi connectivity index (χ0n) is 14.4. The van der Waals surface area contributed by atoms with Gasteiger partial charge in [0.25, 0.3) is 0 Å². The van der Waals surface area contributed by atoms with Crippen LogP contribution < -0.4 is 32.9 Å².